The van der Waals surface area contributed by atoms with Gasteiger partial charge in [0.2, 0.25) is 0 Å². The summed E-state index contributed by atoms with van der Waals surface area (Å²) in [5.41, 5.74) is 4.03. The van der Waals surface area contributed by atoms with Crippen LogP contribution in [0.1, 0.15) is 33.1 Å². The summed E-state index contributed by atoms with van der Waals surface area (Å²) < 4.78 is 0. The van der Waals surface area contributed by atoms with Crippen LogP contribution in [0.15, 0.2) is 78.9 Å². The van der Waals surface area contributed by atoms with Crippen LogP contribution in [0, 0.1) is 6.92 Å². The molecule has 0 bridgehead atoms. The lowest BCUT2D eigenvalue weighted by Crippen LogP contribution is -2.88. The zero-order valence-electron chi connectivity index (χ0n) is 15.6. The van der Waals surface area contributed by atoms with Gasteiger partial charge in [0.05, 0.1) is 11.7 Å². The first kappa shape index (κ1) is 19.3. The van der Waals surface area contributed by atoms with Crippen molar-refractivity contribution in [3.63, 3.8) is 0 Å². The summed E-state index contributed by atoms with van der Waals surface area (Å²) in [6, 6.07) is 24.1. The number of benzene rings is 3. The van der Waals surface area contributed by atoms with Crippen molar-refractivity contribution in [1.29, 1.82) is 0 Å². The molecule has 5 heteroatoms. The fraction of sp³-hybridized carbons (Fsp3) is 0.130. The smallest absolute Gasteiger partial charge is 0.255 e. The molecule has 0 aliphatic carbocycles. The third-order valence-electron chi connectivity index (χ3n) is 4.51. The second-order valence-electron chi connectivity index (χ2n) is 6.61. The van der Waals surface area contributed by atoms with Crippen molar-refractivity contribution in [3.05, 3.63) is 101 Å². The molecule has 0 aliphatic rings. The maximum absolute atomic E-state index is 12.7. The highest BCUT2D eigenvalue weighted by Crippen LogP contribution is 2.27. The fourth-order valence-electron chi connectivity index (χ4n) is 3.15. The summed E-state index contributed by atoms with van der Waals surface area (Å²) in [4.78, 5) is 23.7. The van der Waals surface area contributed by atoms with Crippen LogP contribution in [0.2, 0.25) is 0 Å². The number of nitrogens with one attached hydrogen (secondary N) is 1. The first-order valence-electron chi connectivity index (χ1n) is 9.09. The van der Waals surface area contributed by atoms with Gasteiger partial charge in [-0.2, -0.15) is 0 Å². The Balaban J connectivity index is 1.98. The second kappa shape index (κ2) is 8.97. The Morgan fingerprint density at radius 3 is 2.25 bits per heavy atom. The zero-order chi connectivity index (χ0) is 19.9. The van der Waals surface area contributed by atoms with Gasteiger partial charge in [-0.25, -0.2) is 0 Å². The third-order valence-corrected chi connectivity index (χ3v) is 4.51. The van der Waals surface area contributed by atoms with Gasteiger partial charge in [0, 0.05) is 16.7 Å². The van der Waals surface area contributed by atoms with Gasteiger partial charge in [0.15, 0.2) is 0 Å². The van der Waals surface area contributed by atoms with Gasteiger partial charge >= 0.3 is 0 Å². The Bertz CT molecular complexity index is 956. The molecule has 142 valence electrons. The van der Waals surface area contributed by atoms with E-state index in [1.54, 1.807) is 17.4 Å². The molecule has 0 saturated heterocycles. The molecule has 0 radical (unpaired) electrons. The molecule has 0 saturated carbocycles. The number of nitrogens with two attached hydrogens (primary N) is 1. The average molecular weight is 374 g/mol. The molecule has 28 heavy (non-hydrogen) atoms. The molecule has 0 spiro atoms. The second-order valence-corrected chi connectivity index (χ2v) is 6.61. The summed E-state index contributed by atoms with van der Waals surface area (Å²) in [6.07, 6.45) is 0. The molecule has 5 nitrogen and oxygen atoms in total. The predicted octanol–water partition coefficient (Wildman–Crippen LogP) is 1.65. The van der Waals surface area contributed by atoms with E-state index in [1.165, 1.54) is 0 Å². The lowest BCUT2D eigenvalue weighted by molar-refractivity contribution is -0.682. The number of aliphatic carboxylic acids is 1. The largest absolute Gasteiger partial charge is 0.544 e. The Kier molecular flexibility index (Phi) is 6.19. The molecule has 0 aromatic heterocycles. The monoisotopic (exact) mass is 374 g/mol. The molecule has 3 rings (SSSR count). The van der Waals surface area contributed by atoms with E-state index in [-0.39, 0.29) is 18.5 Å². The third kappa shape index (κ3) is 4.84. The molecule has 0 heterocycles. The van der Waals surface area contributed by atoms with Crippen LogP contribution < -0.4 is 15.7 Å². The van der Waals surface area contributed by atoms with Crippen LogP contribution in [-0.4, -0.2) is 18.4 Å². The molecular formula is C23H22N2O3. The molecule has 1 amide bonds. The normalized spacial score (nSPS) is 11.6. The van der Waals surface area contributed by atoms with E-state index in [2.05, 4.69) is 5.32 Å². The minimum atomic E-state index is -1.14. The van der Waals surface area contributed by atoms with E-state index in [4.69, 9.17) is 0 Å². The van der Waals surface area contributed by atoms with Crippen LogP contribution >= 0.6 is 0 Å². The minimum absolute atomic E-state index is 0.181. The van der Waals surface area contributed by atoms with Gasteiger partial charge in [0.1, 0.15) is 12.6 Å². The Labute approximate surface area is 164 Å². The number of carboxylic acids is 1. The standard InChI is InChI=1S/C23H22N2O3/c1-16-12-13-20(25-23(28)18-10-6-3-7-11-18)19(14-16)22(24-15-21(26)27)17-8-4-2-5-9-17/h2-14,22,24H,15H2,1H3,(H,25,28)(H,26,27)/t22-/m1/s1. The van der Waals surface area contributed by atoms with E-state index >= 15 is 0 Å². The number of carbonyl (C=O) groups excluding carboxylic acids is 2. The summed E-state index contributed by atoms with van der Waals surface area (Å²) in [6.45, 7) is 1.78. The summed E-state index contributed by atoms with van der Waals surface area (Å²) in [5.74, 6) is -1.35. The van der Waals surface area contributed by atoms with Crippen LogP contribution in [-0.2, 0) is 4.79 Å². The summed E-state index contributed by atoms with van der Waals surface area (Å²) in [5, 5.41) is 15.7. The van der Waals surface area contributed by atoms with E-state index in [9.17, 15) is 14.7 Å². The van der Waals surface area contributed by atoms with E-state index in [0.29, 0.717) is 11.3 Å². The van der Waals surface area contributed by atoms with E-state index in [0.717, 1.165) is 16.7 Å². The van der Waals surface area contributed by atoms with Crippen molar-refractivity contribution in [3.8, 4) is 0 Å². The number of anilines is 1. The highest BCUT2D eigenvalue weighted by atomic mass is 16.4. The summed E-state index contributed by atoms with van der Waals surface area (Å²) in [7, 11) is 0. The lowest BCUT2D eigenvalue weighted by atomic mass is 9.95. The van der Waals surface area contributed by atoms with Crippen LogP contribution in [0.3, 0.4) is 0 Å². The molecule has 0 fully saturated rings. The number of carbonyl (C=O) groups is 2. The first-order valence-corrected chi connectivity index (χ1v) is 9.09. The van der Waals surface area contributed by atoms with Gasteiger partial charge in [0.25, 0.3) is 5.91 Å². The van der Waals surface area contributed by atoms with Crippen molar-refractivity contribution >= 4 is 17.6 Å². The predicted molar refractivity (Wildman–Crippen MR) is 106 cm³/mol. The van der Waals surface area contributed by atoms with Crippen molar-refractivity contribution in [2.24, 2.45) is 0 Å². The zero-order valence-corrected chi connectivity index (χ0v) is 15.6. The maximum atomic E-state index is 12.7. The number of quaternary nitrogens is 1. The van der Waals surface area contributed by atoms with Gasteiger partial charge in [-0.15, -0.1) is 0 Å². The van der Waals surface area contributed by atoms with Gasteiger partial charge < -0.3 is 20.5 Å². The van der Waals surface area contributed by atoms with E-state index < -0.39 is 5.97 Å². The molecule has 3 aromatic rings. The van der Waals surface area contributed by atoms with Crippen molar-refractivity contribution in [1.82, 2.24) is 0 Å². The first-order chi connectivity index (χ1) is 13.5. The van der Waals surface area contributed by atoms with Gasteiger partial charge in [-0.1, -0.05) is 60.2 Å². The SMILES string of the molecule is Cc1ccc(NC(=O)c2ccccc2)c([C@H]([NH2+]CC(=O)[O-])c2ccccc2)c1. The maximum Gasteiger partial charge on any atom is 0.255 e. The highest BCUT2D eigenvalue weighted by molar-refractivity contribution is 6.04. The Morgan fingerprint density at radius 1 is 0.964 bits per heavy atom. The van der Waals surface area contributed by atoms with Crippen molar-refractivity contribution < 1.29 is 20.0 Å². The molecule has 0 aliphatic heterocycles. The average Bonchev–Trinajstić information content (AvgIpc) is 2.71. The number of aryl methyl sites for hydroxylation is 1. The Morgan fingerprint density at radius 2 is 1.61 bits per heavy atom. The molecular weight excluding hydrogens is 352 g/mol. The number of hydrogen-bond acceptors (Lipinski definition) is 3. The molecule has 0 unspecified atom stereocenters. The summed E-state index contributed by atoms with van der Waals surface area (Å²) >= 11 is 0. The topological polar surface area (TPSA) is 85.8 Å². The quantitative estimate of drug-likeness (QED) is 0.659. The number of rotatable bonds is 7. The van der Waals surface area contributed by atoms with Gasteiger partial charge in [-0.3, -0.25) is 4.79 Å². The molecule has 3 aromatic carbocycles. The van der Waals surface area contributed by atoms with E-state index in [1.807, 2.05) is 73.7 Å². The van der Waals surface area contributed by atoms with Crippen molar-refractivity contribution in [2.45, 2.75) is 13.0 Å². The fourth-order valence-corrected chi connectivity index (χ4v) is 3.15. The number of amides is 1. The number of hydrogen-bond donors (Lipinski definition) is 2. The van der Waals surface area contributed by atoms with Gasteiger partial charge in [-0.05, 0) is 31.2 Å². The molecule has 1 atom stereocenters. The minimum Gasteiger partial charge on any atom is -0.544 e. The Hall–Kier alpha value is -3.44. The van der Waals surface area contributed by atoms with Crippen molar-refractivity contribution in [2.75, 3.05) is 11.9 Å². The van der Waals surface area contributed by atoms with Crippen LogP contribution in [0.4, 0.5) is 5.69 Å². The molecule has 3 N–H and O–H groups in total. The van der Waals surface area contributed by atoms with Crippen LogP contribution in [0.25, 0.3) is 0 Å². The number of carboxylic acid groups (broad SMARTS) is 1. The van der Waals surface area contributed by atoms with Crippen LogP contribution in [0.5, 0.6) is 0 Å². The lowest BCUT2D eigenvalue weighted by Gasteiger charge is -2.21. The highest BCUT2D eigenvalue weighted by Gasteiger charge is 2.22.